The molecular formula is C42H54N2O11. The molecule has 2 aliphatic heterocycles. The van der Waals surface area contributed by atoms with E-state index in [2.05, 4.69) is 10.6 Å². The van der Waals surface area contributed by atoms with Crippen molar-refractivity contribution in [3.05, 3.63) is 83.0 Å². The van der Waals surface area contributed by atoms with E-state index in [-0.39, 0.29) is 53.1 Å². The average Bonchev–Trinajstić information content (AvgIpc) is 3.13. The average molecular weight is 763 g/mol. The number of aromatic hydroxyl groups is 2. The number of fused-ring (bicyclic) bond motifs is 2. The maximum Gasteiger partial charge on any atom is 0.342 e. The van der Waals surface area contributed by atoms with Gasteiger partial charge in [-0.05, 0) is 69.0 Å². The highest BCUT2D eigenvalue weighted by Crippen LogP contribution is 2.31. The quantitative estimate of drug-likeness (QED) is 0.195. The van der Waals surface area contributed by atoms with Gasteiger partial charge < -0.3 is 45.6 Å². The molecule has 0 unspecified atom stereocenters. The topological polar surface area (TPSA) is 212 Å². The molecule has 0 saturated carbocycles. The lowest BCUT2D eigenvalue weighted by molar-refractivity contribution is -0.127. The van der Waals surface area contributed by atoms with Crippen LogP contribution >= 0.6 is 0 Å². The van der Waals surface area contributed by atoms with Gasteiger partial charge in [0, 0.05) is 54.9 Å². The number of phenols is 2. The lowest BCUT2D eigenvalue weighted by Crippen LogP contribution is -2.32. The predicted octanol–water partition coefficient (Wildman–Crippen LogP) is 5.42. The Morgan fingerprint density at radius 1 is 0.655 bits per heavy atom. The third kappa shape index (κ3) is 12.1. The second-order valence-corrected chi connectivity index (χ2v) is 13.8. The first-order valence-corrected chi connectivity index (χ1v) is 18.4. The molecule has 2 aromatic rings. The number of allylic oxidation sites excluding steroid dienone is 1. The van der Waals surface area contributed by atoms with Crippen LogP contribution in [0.4, 0.5) is 11.4 Å². The standard InChI is InChI=1S/C22H29NO5.C20H25NO6/c1-5-23-17-11-16-7-6-8-18(24)14(3)19(25)10-9-13(2)15(4)28-22(27)21(16)20(26)12-17;1-11-7-8-16(23)19(25)15(22)6-4-5-13-9-14(21-3)10-17(24)18(13)20(26)27-12(11)2/h6-7,9-15,18,23-24,26H,5,8H2,1-4H3;4-5,7-12,15,19,21-22,24-25H,6H2,1-3H3/b7-6+,10-9-;5-4+,8-7-/t13-,14+,15+,18+;11-,12+,15+,19+/m11/s1. The Kier molecular flexibility index (Phi) is 16.4. The normalized spacial score (nSPS) is 28.9. The fraction of sp³-hybridized carbons (Fsp3) is 0.429. The molecule has 4 rings (SSSR count). The lowest BCUT2D eigenvalue weighted by atomic mass is 9.94. The summed E-state index contributed by atoms with van der Waals surface area (Å²) in [5.74, 6) is -3.58. The van der Waals surface area contributed by atoms with Crippen LogP contribution in [0, 0.1) is 17.8 Å². The van der Waals surface area contributed by atoms with E-state index in [9.17, 15) is 44.7 Å². The molecule has 7 N–H and O–H groups in total. The van der Waals surface area contributed by atoms with Crippen LogP contribution in [0.3, 0.4) is 0 Å². The third-order valence-corrected chi connectivity index (χ3v) is 9.60. The van der Waals surface area contributed by atoms with Crippen LogP contribution in [-0.2, 0) is 19.1 Å². The zero-order valence-electron chi connectivity index (χ0n) is 32.4. The summed E-state index contributed by atoms with van der Waals surface area (Å²) in [4.78, 5) is 49.6. The minimum atomic E-state index is -1.55. The van der Waals surface area contributed by atoms with Gasteiger partial charge in [0.25, 0.3) is 0 Å². The van der Waals surface area contributed by atoms with Gasteiger partial charge in [-0.1, -0.05) is 57.2 Å². The van der Waals surface area contributed by atoms with Crippen molar-refractivity contribution in [2.45, 2.75) is 84.9 Å². The molecule has 0 saturated heterocycles. The Labute approximate surface area is 322 Å². The number of carbonyl (C=O) groups is 4. The molecule has 0 aromatic heterocycles. The molecule has 2 aliphatic rings. The first-order chi connectivity index (χ1) is 26.0. The number of phenolic OH excluding ortho intramolecular Hbond substituents is 2. The summed E-state index contributed by atoms with van der Waals surface area (Å²) >= 11 is 0. The lowest BCUT2D eigenvalue weighted by Gasteiger charge is -2.20. The first-order valence-electron chi connectivity index (χ1n) is 18.4. The van der Waals surface area contributed by atoms with Crippen molar-refractivity contribution in [1.29, 1.82) is 0 Å². The van der Waals surface area contributed by atoms with Gasteiger partial charge in [-0.2, -0.15) is 0 Å². The van der Waals surface area contributed by atoms with Crippen molar-refractivity contribution in [3.63, 3.8) is 0 Å². The van der Waals surface area contributed by atoms with Gasteiger partial charge in [-0.15, -0.1) is 0 Å². The number of hydrogen-bond donors (Lipinski definition) is 7. The van der Waals surface area contributed by atoms with Crippen LogP contribution in [0.15, 0.2) is 60.7 Å². The van der Waals surface area contributed by atoms with E-state index in [0.29, 0.717) is 29.0 Å². The smallest absolute Gasteiger partial charge is 0.342 e. The molecule has 0 fully saturated rings. The second-order valence-electron chi connectivity index (χ2n) is 13.8. The highest BCUT2D eigenvalue weighted by molar-refractivity contribution is 5.99. The maximum absolute atomic E-state index is 12.7. The Morgan fingerprint density at radius 2 is 1.11 bits per heavy atom. The summed E-state index contributed by atoms with van der Waals surface area (Å²) in [5, 5.41) is 57.0. The number of hydrogen-bond acceptors (Lipinski definition) is 13. The molecular weight excluding hydrogens is 708 g/mol. The number of aliphatic hydroxyl groups is 3. The molecule has 13 nitrogen and oxygen atoms in total. The van der Waals surface area contributed by atoms with Gasteiger partial charge in [-0.3, -0.25) is 9.59 Å². The van der Waals surface area contributed by atoms with Crippen molar-refractivity contribution >= 4 is 47.0 Å². The van der Waals surface area contributed by atoms with E-state index < -0.39 is 54.2 Å². The Bertz CT molecular complexity index is 1810. The van der Waals surface area contributed by atoms with Crippen LogP contribution in [0.25, 0.3) is 12.2 Å². The SMILES string of the molecule is CCNc1cc(O)c2c(c1)/C=C/C[C@H](O)[C@H](C)C(=O)/C=C\[C@@H](C)[C@H](C)OC2=O.CNc1cc(O)c2c(c1)/C=C/C[C@H](O)[C@H](O)C(=O)/C=C\[C@@H](C)[C@H](C)OC2=O. The van der Waals surface area contributed by atoms with Crippen LogP contribution < -0.4 is 10.6 Å². The van der Waals surface area contributed by atoms with Crippen molar-refractivity contribution in [2.24, 2.45) is 17.8 Å². The molecule has 55 heavy (non-hydrogen) atoms. The molecule has 0 radical (unpaired) electrons. The molecule has 0 spiro atoms. The number of cyclic esters (lactones) is 2. The molecule has 13 heteroatoms. The molecule has 0 bridgehead atoms. The van der Waals surface area contributed by atoms with E-state index in [4.69, 9.17) is 9.47 Å². The number of rotatable bonds is 3. The first kappa shape index (κ1) is 44.2. The predicted molar refractivity (Wildman–Crippen MR) is 211 cm³/mol. The summed E-state index contributed by atoms with van der Waals surface area (Å²) in [5.41, 5.74) is 2.23. The van der Waals surface area contributed by atoms with E-state index in [1.54, 1.807) is 65.1 Å². The highest BCUT2D eigenvalue weighted by Gasteiger charge is 2.27. The number of aliphatic hydroxyl groups excluding tert-OH is 3. The highest BCUT2D eigenvalue weighted by atomic mass is 16.5. The Morgan fingerprint density at radius 3 is 1.60 bits per heavy atom. The van der Waals surface area contributed by atoms with Gasteiger partial charge >= 0.3 is 11.9 Å². The molecule has 8 atom stereocenters. The van der Waals surface area contributed by atoms with E-state index in [0.717, 1.165) is 0 Å². The summed E-state index contributed by atoms with van der Waals surface area (Å²) in [6.45, 7) is 11.3. The summed E-state index contributed by atoms with van der Waals surface area (Å²) < 4.78 is 11.0. The molecule has 0 aliphatic carbocycles. The van der Waals surface area contributed by atoms with Crippen molar-refractivity contribution in [1.82, 2.24) is 0 Å². The maximum atomic E-state index is 12.7. The number of anilines is 2. The number of carbonyl (C=O) groups excluding carboxylic acids is 4. The minimum absolute atomic E-state index is 0.00820. The second kappa shape index (κ2) is 20.4. The third-order valence-electron chi connectivity index (χ3n) is 9.60. The van der Waals surface area contributed by atoms with Crippen LogP contribution in [0.2, 0.25) is 0 Å². The van der Waals surface area contributed by atoms with Crippen molar-refractivity contribution < 1.29 is 54.2 Å². The van der Waals surface area contributed by atoms with Gasteiger partial charge in [0.2, 0.25) is 0 Å². The fourth-order valence-corrected chi connectivity index (χ4v) is 5.56. The van der Waals surface area contributed by atoms with E-state index >= 15 is 0 Å². The van der Waals surface area contributed by atoms with Crippen molar-refractivity contribution in [2.75, 3.05) is 24.2 Å². The number of ketones is 2. The number of benzene rings is 2. The van der Waals surface area contributed by atoms with Crippen molar-refractivity contribution in [3.8, 4) is 11.5 Å². The monoisotopic (exact) mass is 762 g/mol. The minimum Gasteiger partial charge on any atom is -0.507 e. The Hall–Kier alpha value is -5.24. The summed E-state index contributed by atoms with van der Waals surface area (Å²) in [6, 6.07) is 6.31. The molecule has 2 heterocycles. The number of nitrogens with one attached hydrogen (secondary N) is 2. The fourth-order valence-electron chi connectivity index (χ4n) is 5.56. The Balaban J connectivity index is 0.000000296. The van der Waals surface area contributed by atoms with Crippen LogP contribution in [-0.4, -0.2) is 93.1 Å². The van der Waals surface area contributed by atoms with Gasteiger partial charge in [0.05, 0.1) is 12.2 Å². The number of esters is 2. The molecule has 0 amide bonds. The van der Waals surface area contributed by atoms with E-state index in [1.165, 1.54) is 42.5 Å². The number of ether oxygens (including phenoxy) is 2. The van der Waals surface area contributed by atoms with Crippen LogP contribution in [0.1, 0.15) is 86.2 Å². The van der Waals surface area contributed by atoms with Gasteiger partial charge in [0.1, 0.15) is 40.9 Å². The van der Waals surface area contributed by atoms with Gasteiger partial charge in [-0.25, -0.2) is 9.59 Å². The summed E-state index contributed by atoms with van der Waals surface area (Å²) in [7, 11) is 1.67. The molecule has 2 aromatic carbocycles. The zero-order chi connectivity index (χ0) is 41.0. The molecule has 298 valence electrons. The largest absolute Gasteiger partial charge is 0.507 e. The van der Waals surface area contributed by atoms with Crippen LogP contribution in [0.5, 0.6) is 11.5 Å². The zero-order valence-corrected chi connectivity index (χ0v) is 32.4. The van der Waals surface area contributed by atoms with E-state index in [1.807, 2.05) is 13.8 Å². The summed E-state index contributed by atoms with van der Waals surface area (Å²) in [6.07, 6.45) is 7.71. The van der Waals surface area contributed by atoms with Gasteiger partial charge in [0.15, 0.2) is 11.6 Å².